The van der Waals surface area contributed by atoms with Gasteiger partial charge in [-0.1, -0.05) is 12.2 Å². The van der Waals surface area contributed by atoms with E-state index >= 15 is 0 Å². The van der Waals surface area contributed by atoms with Crippen LogP contribution in [-0.4, -0.2) is 28.8 Å². The topological polar surface area (TPSA) is 49.5 Å². The van der Waals surface area contributed by atoms with E-state index in [1.54, 1.807) is 6.07 Å². The van der Waals surface area contributed by atoms with Gasteiger partial charge >= 0.3 is 0 Å². The van der Waals surface area contributed by atoms with E-state index in [1.807, 2.05) is 13.0 Å². The third kappa shape index (κ3) is 2.79. The number of benzene rings is 1. The number of hydrogen-bond acceptors (Lipinski definition) is 3. The van der Waals surface area contributed by atoms with Gasteiger partial charge in [-0.05, 0) is 38.0 Å². The van der Waals surface area contributed by atoms with Gasteiger partial charge in [0.15, 0.2) is 0 Å². The summed E-state index contributed by atoms with van der Waals surface area (Å²) in [6.45, 7) is 3.28. The molecule has 0 unspecified atom stereocenters. The van der Waals surface area contributed by atoms with Crippen molar-refractivity contribution in [3.8, 4) is 0 Å². The molecule has 18 heavy (non-hydrogen) atoms. The van der Waals surface area contributed by atoms with Crippen LogP contribution in [0.3, 0.4) is 0 Å². The summed E-state index contributed by atoms with van der Waals surface area (Å²) in [5.74, 6) is -0.391. The fourth-order valence-electron chi connectivity index (χ4n) is 2.15. The van der Waals surface area contributed by atoms with Gasteiger partial charge in [0.1, 0.15) is 10.8 Å². The maximum Gasteiger partial charge on any atom is 0.135 e. The second kappa shape index (κ2) is 4.82. The van der Waals surface area contributed by atoms with Crippen LogP contribution < -0.4 is 10.6 Å². The molecule has 1 aliphatic heterocycles. The summed E-state index contributed by atoms with van der Waals surface area (Å²) < 4.78 is 13.8. The minimum Gasteiger partial charge on any atom is -0.390 e. The highest BCUT2D eigenvalue weighted by atomic mass is 32.1. The number of nitrogens with two attached hydrogens (primary N) is 1. The Labute approximate surface area is 111 Å². The summed E-state index contributed by atoms with van der Waals surface area (Å²) >= 11 is 4.77. The van der Waals surface area contributed by atoms with E-state index < -0.39 is 11.4 Å². The van der Waals surface area contributed by atoms with Crippen LogP contribution in [-0.2, 0) is 0 Å². The lowest BCUT2D eigenvalue weighted by molar-refractivity contribution is 0.0351. The number of hydrogen-bond donors (Lipinski definition) is 2. The van der Waals surface area contributed by atoms with Crippen molar-refractivity contribution in [2.24, 2.45) is 5.73 Å². The molecule has 0 saturated carbocycles. The van der Waals surface area contributed by atoms with Gasteiger partial charge in [-0.15, -0.1) is 0 Å². The third-order valence-electron chi connectivity index (χ3n) is 3.42. The van der Waals surface area contributed by atoms with Crippen molar-refractivity contribution in [2.75, 3.05) is 18.0 Å². The van der Waals surface area contributed by atoms with Crippen molar-refractivity contribution < 1.29 is 9.50 Å². The number of thiocarbonyl (C=S) groups is 1. The zero-order valence-electron chi connectivity index (χ0n) is 10.3. The molecule has 1 fully saturated rings. The monoisotopic (exact) mass is 268 g/mol. The number of piperidine rings is 1. The van der Waals surface area contributed by atoms with Crippen LogP contribution in [0.25, 0.3) is 0 Å². The zero-order chi connectivity index (χ0) is 13.3. The second-order valence-electron chi connectivity index (χ2n) is 5.01. The summed E-state index contributed by atoms with van der Waals surface area (Å²) in [5, 5.41) is 9.88. The van der Waals surface area contributed by atoms with Crippen molar-refractivity contribution in [1.82, 2.24) is 0 Å². The average Bonchev–Trinajstić information content (AvgIpc) is 2.28. The van der Waals surface area contributed by atoms with E-state index in [2.05, 4.69) is 4.90 Å². The van der Waals surface area contributed by atoms with E-state index in [0.29, 0.717) is 12.8 Å². The minimum atomic E-state index is -0.603. The number of rotatable bonds is 2. The molecule has 1 heterocycles. The SMILES string of the molecule is CC1(O)CCN(c2ccc(C(N)=S)c(F)c2)CC1. The lowest BCUT2D eigenvalue weighted by Crippen LogP contribution is -2.42. The van der Waals surface area contributed by atoms with E-state index in [1.165, 1.54) is 6.07 Å². The van der Waals surface area contributed by atoms with Crippen molar-refractivity contribution in [1.29, 1.82) is 0 Å². The Morgan fingerprint density at radius 1 is 1.44 bits per heavy atom. The van der Waals surface area contributed by atoms with Crippen LogP contribution in [0, 0.1) is 5.82 Å². The molecule has 3 nitrogen and oxygen atoms in total. The van der Waals surface area contributed by atoms with Gasteiger partial charge in [-0.2, -0.15) is 0 Å². The molecule has 0 spiro atoms. The molecule has 0 aromatic heterocycles. The fraction of sp³-hybridized carbons (Fsp3) is 0.462. The first-order valence-corrected chi connectivity index (χ1v) is 6.36. The first-order valence-electron chi connectivity index (χ1n) is 5.96. The third-order valence-corrected chi connectivity index (χ3v) is 3.64. The van der Waals surface area contributed by atoms with Crippen molar-refractivity contribution in [3.05, 3.63) is 29.6 Å². The van der Waals surface area contributed by atoms with Crippen LogP contribution in [0.15, 0.2) is 18.2 Å². The number of nitrogens with zero attached hydrogens (tertiary/aromatic N) is 1. The highest BCUT2D eigenvalue weighted by Crippen LogP contribution is 2.26. The molecule has 0 atom stereocenters. The standard InChI is InChI=1S/C13H17FN2OS/c1-13(17)4-6-16(7-5-13)9-2-3-10(12(15)18)11(14)8-9/h2-3,8,17H,4-7H2,1H3,(H2,15,18). The Balaban J connectivity index is 2.16. The average molecular weight is 268 g/mol. The maximum atomic E-state index is 13.8. The smallest absolute Gasteiger partial charge is 0.135 e. The molecule has 1 saturated heterocycles. The first-order chi connectivity index (χ1) is 8.39. The van der Waals surface area contributed by atoms with Gasteiger partial charge in [0.25, 0.3) is 0 Å². The molecule has 0 bridgehead atoms. The van der Waals surface area contributed by atoms with Gasteiger partial charge in [0, 0.05) is 24.3 Å². The summed E-state index contributed by atoms with van der Waals surface area (Å²) in [6, 6.07) is 4.88. The predicted molar refractivity (Wildman–Crippen MR) is 74.4 cm³/mol. The van der Waals surface area contributed by atoms with Gasteiger partial charge < -0.3 is 15.7 Å². The Kier molecular flexibility index (Phi) is 3.54. The second-order valence-corrected chi connectivity index (χ2v) is 5.45. The Morgan fingerprint density at radius 2 is 2.06 bits per heavy atom. The molecule has 0 aliphatic carbocycles. The summed E-state index contributed by atoms with van der Waals surface area (Å²) in [7, 11) is 0. The molecule has 1 aromatic carbocycles. The minimum absolute atomic E-state index is 0.0700. The normalized spacial score (nSPS) is 18.7. The van der Waals surface area contributed by atoms with Crippen LogP contribution in [0.1, 0.15) is 25.3 Å². The number of halogens is 1. The number of anilines is 1. The number of aliphatic hydroxyl groups is 1. The van der Waals surface area contributed by atoms with E-state index in [0.717, 1.165) is 18.8 Å². The van der Waals surface area contributed by atoms with Gasteiger partial charge in [-0.25, -0.2) is 4.39 Å². The first kappa shape index (κ1) is 13.2. The molecule has 1 aliphatic rings. The molecule has 98 valence electrons. The Hall–Kier alpha value is -1.20. The van der Waals surface area contributed by atoms with Gasteiger partial charge in [0.05, 0.1) is 5.60 Å². The van der Waals surface area contributed by atoms with Crippen LogP contribution >= 0.6 is 12.2 Å². The summed E-state index contributed by atoms with van der Waals surface area (Å²) in [4.78, 5) is 2.13. The lowest BCUT2D eigenvalue weighted by atomic mass is 9.93. The highest BCUT2D eigenvalue weighted by molar-refractivity contribution is 7.80. The van der Waals surface area contributed by atoms with Crippen molar-refractivity contribution in [2.45, 2.75) is 25.4 Å². The Bertz CT molecular complexity index is 466. The molecule has 5 heteroatoms. The van der Waals surface area contributed by atoms with Crippen molar-refractivity contribution in [3.63, 3.8) is 0 Å². The molecular formula is C13H17FN2OS. The highest BCUT2D eigenvalue weighted by Gasteiger charge is 2.27. The molecule has 1 aromatic rings. The van der Waals surface area contributed by atoms with Crippen LogP contribution in [0.2, 0.25) is 0 Å². The van der Waals surface area contributed by atoms with Gasteiger partial charge in [-0.3, -0.25) is 0 Å². The lowest BCUT2D eigenvalue weighted by Gasteiger charge is -2.37. The Morgan fingerprint density at radius 3 is 2.56 bits per heavy atom. The van der Waals surface area contributed by atoms with E-state index in [9.17, 15) is 9.50 Å². The summed E-state index contributed by atoms with van der Waals surface area (Å²) in [5.41, 5.74) is 5.90. The molecule has 2 rings (SSSR count). The molecule has 0 amide bonds. The quantitative estimate of drug-likeness (QED) is 0.803. The fourth-order valence-corrected chi connectivity index (χ4v) is 2.31. The predicted octanol–water partition coefficient (Wildman–Crippen LogP) is 1.81. The largest absolute Gasteiger partial charge is 0.390 e. The van der Waals surface area contributed by atoms with Crippen LogP contribution in [0.5, 0.6) is 0 Å². The van der Waals surface area contributed by atoms with E-state index in [4.69, 9.17) is 18.0 Å². The summed E-state index contributed by atoms with van der Waals surface area (Å²) in [6.07, 6.45) is 1.37. The van der Waals surface area contributed by atoms with Gasteiger partial charge in [0.2, 0.25) is 0 Å². The van der Waals surface area contributed by atoms with E-state index in [-0.39, 0.29) is 10.6 Å². The molecule has 3 N–H and O–H groups in total. The maximum absolute atomic E-state index is 13.8. The molecule has 0 radical (unpaired) electrons. The van der Waals surface area contributed by atoms with Crippen molar-refractivity contribution >= 4 is 22.9 Å². The van der Waals surface area contributed by atoms with Crippen LogP contribution in [0.4, 0.5) is 10.1 Å². The molecular weight excluding hydrogens is 251 g/mol. The zero-order valence-corrected chi connectivity index (χ0v) is 11.1.